The van der Waals surface area contributed by atoms with E-state index in [0.717, 1.165) is 73.0 Å². The second-order valence-corrected chi connectivity index (χ2v) is 16.4. The molecule has 14 nitrogen and oxygen atoms in total. The highest BCUT2D eigenvalue weighted by Gasteiger charge is 2.36. The Morgan fingerprint density at radius 1 is 0.683 bits per heavy atom. The normalized spacial score (nSPS) is 22.9. The van der Waals surface area contributed by atoms with Crippen LogP contribution in [0.15, 0.2) is 91.3 Å². The van der Waals surface area contributed by atoms with Gasteiger partial charge >= 0.3 is 6.09 Å². The lowest BCUT2D eigenvalue weighted by Gasteiger charge is -2.30. The Kier molecular flexibility index (Phi) is 12.7. The third-order valence-corrected chi connectivity index (χ3v) is 11.8. The highest BCUT2D eigenvalue weighted by molar-refractivity contribution is 6.32. The molecule has 60 heavy (non-hydrogen) atoms. The van der Waals surface area contributed by atoms with E-state index in [-0.39, 0.29) is 42.6 Å². The summed E-state index contributed by atoms with van der Waals surface area (Å²) in [5.74, 6) is -0.459. The third kappa shape index (κ3) is 9.62. The molecule has 2 aliphatic heterocycles. The molecule has 4 heterocycles. The Labute approximate surface area is 357 Å². The van der Waals surface area contributed by atoms with Gasteiger partial charge in [0.15, 0.2) is 0 Å². The van der Waals surface area contributed by atoms with Crippen molar-refractivity contribution < 1.29 is 19.1 Å². The average molecular weight is 850 g/mol. The SMILES string of the molecule is N[C@H]1CCC[C@@H](Nc2ncc(Cl)c(C3C(=O)Nc4ccccc43)n2)C1.O=C(N[C@H]1CCC[C@@H](Nc2ncc(Cl)c(C3C(=O)Nc4ccccc43)n2)C1)OCc1ccccc1. The average Bonchev–Trinajstić information content (AvgIpc) is 3.77. The summed E-state index contributed by atoms with van der Waals surface area (Å²) in [6.45, 7) is 0.236. The number of hydrogen-bond acceptors (Lipinski definition) is 11. The number of amides is 3. The molecule has 3 aromatic carbocycles. The van der Waals surface area contributed by atoms with Crippen molar-refractivity contribution in [3.63, 3.8) is 0 Å². The number of alkyl carbamates (subject to hydrolysis) is 1. The number of hydrogen-bond donors (Lipinski definition) is 6. The van der Waals surface area contributed by atoms with E-state index in [1.165, 1.54) is 6.20 Å². The van der Waals surface area contributed by atoms with Gasteiger partial charge in [-0.3, -0.25) is 9.59 Å². The van der Waals surface area contributed by atoms with Gasteiger partial charge in [-0.2, -0.15) is 0 Å². The molecule has 2 aromatic heterocycles. The van der Waals surface area contributed by atoms with Crippen LogP contribution in [0.5, 0.6) is 0 Å². The van der Waals surface area contributed by atoms with Crippen LogP contribution in [-0.2, 0) is 20.9 Å². The van der Waals surface area contributed by atoms with Gasteiger partial charge in [0.1, 0.15) is 18.4 Å². The number of nitrogens with two attached hydrogens (primary N) is 1. The molecular weight excluding hydrogens is 803 g/mol. The number of anilines is 4. The van der Waals surface area contributed by atoms with Gasteiger partial charge in [0.25, 0.3) is 0 Å². The Morgan fingerprint density at radius 2 is 1.18 bits per heavy atom. The van der Waals surface area contributed by atoms with Crippen molar-refractivity contribution in [1.82, 2.24) is 25.3 Å². The number of halogens is 2. The van der Waals surface area contributed by atoms with Crippen LogP contribution in [0.4, 0.5) is 28.1 Å². The van der Waals surface area contributed by atoms with Gasteiger partial charge in [0.05, 0.1) is 33.8 Å². The highest BCUT2D eigenvalue weighted by atomic mass is 35.5. The van der Waals surface area contributed by atoms with Crippen LogP contribution in [0.25, 0.3) is 0 Å². The van der Waals surface area contributed by atoms with Crippen LogP contribution in [0.1, 0.15) is 91.3 Å². The molecule has 2 aliphatic carbocycles. The molecule has 2 fully saturated rings. The van der Waals surface area contributed by atoms with Crippen molar-refractivity contribution in [2.75, 3.05) is 21.3 Å². The minimum atomic E-state index is -0.581. The van der Waals surface area contributed by atoms with E-state index in [4.69, 9.17) is 33.7 Å². The summed E-state index contributed by atoms with van der Waals surface area (Å²) in [5.41, 5.74) is 11.3. The molecule has 0 saturated heterocycles. The first kappa shape index (κ1) is 40.9. The maximum Gasteiger partial charge on any atom is 0.407 e. The minimum absolute atomic E-state index is 0.0104. The molecule has 2 saturated carbocycles. The van der Waals surface area contributed by atoms with E-state index in [9.17, 15) is 14.4 Å². The number of nitrogens with one attached hydrogen (secondary N) is 5. The van der Waals surface area contributed by atoms with Crippen molar-refractivity contribution in [3.8, 4) is 0 Å². The largest absolute Gasteiger partial charge is 0.445 e. The number of nitrogens with zero attached hydrogens (tertiary/aromatic N) is 4. The summed E-state index contributed by atoms with van der Waals surface area (Å²) in [7, 11) is 0. The molecule has 16 heteroatoms. The summed E-state index contributed by atoms with van der Waals surface area (Å²) in [4.78, 5) is 55.2. The van der Waals surface area contributed by atoms with E-state index in [1.807, 2.05) is 78.9 Å². The van der Waals surface area contributed by atoms with Crippen LogP contribution in [0, 0.1) is 0 Å². The first-order chi connectivity index (χ1) is 29.2. The fourth-order valence-electron chi connectivity index (χ4n) is 8.37. The lowest BCUT2D eigenvalue weighted by atomic mass is 9.91. The Balaban J connectivity index is 0.000000176. The summed E-state index contributed by atoms with van der Waals surface area (Å²) in [6.07, 6.45) is 10.2. The molecule has 6 atom stereocenters. The molecule has 5 aromatic rings. The Bertz CT molecular complexity index is 2350. The maximum absolute atomic E-state index is 12.7. The molecule has 0 spiro atoms. The fourth-order valence-corrected chi connectivity index (χ4v) is 8.77. The van der Waals surface area contributed by atoms with Crippen LogP contribution < -0.4 is 32.3 Å². The molecule has 3 amide bonds. The Morgan fingerprint density at radius 3 is 1.75 bits per heavy atom. The number of aromatic nitrogens is 4. The van der Waals surface area contributed by atoms with Crippen molar-refractivity contribution in [2.24, 2.45) is 5.73 Å². The van der Waals surface area contributed by atoms with Crippen LogP contribution in [-0.4, -0.2) is 62.0 Å². The topological polar surface area (TPSA) is 198 Å². The van der Waals surface area contributed by atoms with Crippen molar-refractivity contribution >= 4 is 64.4 Å². The van der Waals surface area contributed by atoms with E-state index >= 15 is 0 Å². The van der Waals surface area contributed by atoms with Gasteiger partial charge in [-0.15, -0.1) is 0 Å². The zero-order valence-electron chi connectivity index (χ0n) is 32.7. The number of carbonyl (C=O) groups is 3. The molecule has 9 rings (SSSR count). The molecular formula is C44H46Cl2N10O4. The molecule has 4 aliphatic rings. The van der Waals surface area contributed by atoms with Crippen molar-refractivity contribution in [3.05, 3.63) is 129 Å². The second-order valence-electron chi connectivity index (χ2n) is 15.6. The predicted octanol–water partition coefficient (Wildman–Crippen LogP) is 7.76. The monoisotopic (exact) mass is 848 g/mol. The Hall–Kier alpha value is -5.83. The maximum atomic E-state index is 12.7. The third-order valence-electron chi connectivity index (χ3n) is 11.3. The van der Waals surface area contributed by atoms with E-state index in [2.05, 4.69) is 46.5 Å². The van der Waals surface area contributed by atoms with Crippen molar-refractivity contribution in [1.29, 1.82) is 0 Å². The molecule has 0 radical (unpaired) electrons. The highest BCUT2D eigenvalue weighted by Crippen LogP contribution is 2.40. The van der Waals surface area contributed by atoms with Gasteiger partial charge in [0.2, 0.25) is 23.7 Å². The van der Waals surface area contributed by atoms with Crippen LogP contribution in [0.2, 0.25) is 10.0 Å². The number of rotatable bonds is 9. The first-order valence-electron chi connectivity index (χ1n) is 20.3. The molecule has 0 bridgehead atoms. The van der Waals surface area contributed by atoms with E-state index in [1.54, 1.807) is 6.20 Å². The van der Waals surface area contributed by atoms with Crippen molar-refractivity contribution in [2.45, 2.75) is 94.0 Å². The summed E-state index contributed by atoms with van der Waals surface area (Å²) < 4.78 is 5.36. The number of ether oxygens (including phenoxy) is 1. The number of para-hydroxylation sites is 2. The fraction of sp³-hybridized carbons (Fsp3) is 0.341. The zero-order chi connectivity index (χ0) is 41.6. The predicted molar refractivity (Wildman–Crippen MR) is 231 cm³/mol. The molecule has 2 unspecified atom stereocenters. The number of benzene rings is 3. The van der Waals surface area contributed by atoms with Crippen LogP contribution >= 0.6 is 23.2 Å². The molecule has 310 valence electrons. The van der Waals surface area contributed by atoms with E-state index in [0.29, 0.717) is 39.8 Å². The quantitative estimate of drug-likeness (QED) is 0.0848. The van der Waals surface area contributed by atoms with Crippen LogP contribution in [0.3, 0.4) is 0 Å². The summed E-state index contributed by atoms with van der Waals surface area (Å²) in [5, 5.41) is 16.2. The lowest BCUT2D eigenvalue weighted by molar-refractivity contribution is -0.117. The summed E-state index contributed by atoms with van der Waals surface area (Å²) >= 11 is 12.7. The smallest absolute Gasteiger partial charge is 0.407 e. The van der Waals surface area contributed by atoms with Gasteiger partial charge in [-0.25, -0.2) is 24.7 Å². The second kappa shape index (κ2) is 18.6. The van der Waals surface area contributed by atoms with Gasteiger partial charge in [-0.1, -0.05) is 89.9 Å². The summed E-state index contributed by atoms with van der Waals surface area (Å²) in [6, 6.07) is 25.2. The number of fused-ring (bicyclic) bond motifs is 2. The minimum Gasteiger partial charge on any atom is -0.445 e. The van der Waals surface area contributed by atoms with Gasteiger partial charge in [-0.05, 0) is 80.2 Å². The van der Waals surface area contributed by atoms with Gasteiger partial charge in [0, 0.05) is 35.5 Å². The first-order valence-corrected chi connectivity index (χ1v) is 21.0. The number of carbonyl (C=O) groups excluding carboxylic acids is 3. The van der Waals surface area contributed by atoms with E-state index < -0.39 is 17.9 Å². The van der Waals surface area contributed by atoms with Gasteiger partial charge < -0.3 is 37.1 Å². The zero-order valence-corrected chi connectivity index (χ0v) is 34.3. The standard InChI is InChI=1S/C26H26ClN5O3.C18H20ClN5O/c27-20-14-28-25(32-23(20)22-19-11-4-5-12-21(19)31-24(22)33)29-17-9-6-10-18(13-17)30-26(34)35-15-16-7-2-1-3-8-16;19-13-9-21-18(22-11-5-3-4-10(20)8-11)24-16(13)15-12-6-1-2-7-14(12)23-17(15)25/h1-5,7-8,11-12,14,17-18,22H,6,9-10,13,15H2,(H,30,34)(H,31,33)(H,28,29,32);1-2,6-7,9-11,15H,3-5,8,20H2,(H,23,25)(H,21,22,24)/t17-,18+,22?;10-,11+,15?/m10/s1. The molecule has 7 N–H and O–H groups in total. The lowest BCUT2D eigenvalue weighted by Crippen LogP contribution is -2.42.